The van der Waals surface area contributed by atoms with Crippen LogP contribution in [0.5, 0.6) is 0 Å². The molecule has 1 aliphatic rings. The smallest absolute Gasteiger partial charge is 0.107 e. The van der Waals surface area contributed by atoms with Crippen molar-refractivity contribution in [1.82, 2.24) is 10.3 Å². The van der Waals surface area contributed by atoms with Gasteiger partial charge < -0.3 is 5.32 Å². The lowest BCUT2D eigenvalue weighted by Crippen LogP contribution is -2.32. The summed E-state index contributed by atoms with van der Waals surface area (Å²) in [5.41, 5.74) is 1.78. The molecule has 0 saturated heterocycles. The van der Waals surface area contributed by atoms with Crippen LogP contribution in [0.1, 0.15) is 57.2 Å². The van der Waals surface area contributed by atoms with Gasteiger partial charge in [-0.25, -0.2) is 4.98 Å². The Labute approximate surface area is 102 Å². The van der Waals surface area contributed by atoms with Crippen molar-refractivity contribution >= 4 is 11.3 Å². The van der Waals surface area contributed by atoms with Crippen molar-refractivity contribution in [3.8, 4) is 0 Å². The number of hydrogen-bond donors (Lipinski definition) is 1. The highest BCUT2D eigenvalue weighted by molar-refractivity contribution is 7.09. The van der Waals surface area contributed by atoms with Gasteiger partial charge in [0.1, 0.15) is 5.01 Å². The molecule has 1 heterocycles. The fourth-order valence-corrected chi connectivity index (χ4v) is 2.69. The van der Waals surface area contributed by atoms with Crippen molar-refractivity contribution in [2.24, 2.45) is 5.41 Å². The molecule has 3 heteroatoms. The lowest BCUT2D eigenvalue weighted by Gasteiger charge is -2.19. The van der Waals surface area contributed by atoms with Gasteiger partial charge in [-0.3, -0.25) is 0 Å². The van der Waals surface area contributed by atoms with E-state index in [1.165, 1.54) is 23.5 Å². The molecule has 0 aliphatic heterocycles. The summed E-state index contributed by atoms with van der Waals surface area (Å²) in [5.74, 6) is 0.545. The quantitative estimate of drug-likeness (QED) is 0.848. The monoisotopic (exact) mass is 238 g/mol. The highest BCUT2D eigenvalue weighted by Crippen LogP contribution is 2.47. The topological polar surface area (TPSA) is 24.9 Å². The van der Waals surface area contributed by atoms with Crippen molar-refractivity contribution < 1.29 is 0 Å². The summed E-state index contributed by atoms with van der Waals surface area (Å²) in [6, 6.07) is 0.610. The van der Waals surface area contributed by atoms with E-state index in [0.717, 1.165) is 6.54 Å². The van der Waals surface area contributed by atoms with Gasteiger partial charge in [0.2, 0.25) is 0 Å². The number of aromatic nitrogens is 1. The second-order valence-electron chi connectivity index (χ2n) is 5.58. The molecule has 0 aromatic carbocycles. The van der Waals surface area contributed by atoms with Gasteiger partial charge in [0.05, 0.1) is 5.69 Å². The minimum atomic E-state index is 0.545. The summed E-state index contributed by atoms with van der Waals surface area (Å²) in [5, 5.41) is 7.01. The third-order valence-corrected chi connectivity index (χ3v) is 4.67. The molecule has 0 amide bonds. The standard InChI is InChI=1S/C13H22N2S/c1-9(2)11-8-16-12(15-11)7-14-10(3)13(4)5-6-13/h8-10,14H,5-7H2,1-4H3. The molecule has 1 N–H and O–H groups in total. The average Bonchev–Trinajstić information content (AvgIpc) is 2.82. The van der Waals surface area contributed by atoms with Crippen LogP contribution in [-0.2, 0) is 6.54 Å². The number of rotatable bonds is 5. The molecular formula is C13H22N2S. The van der Waals surface area contributed by atoms with Gasteiger partial charge >= 0.3 is 0 Å². The van der Waals surface area contributed by atoms with Gasteiger partial charge in [-0.15, -0.1) is 11.3 Å². The molecule has 1 aromatic heterocycles. The molecule has 90 valence electrons. The van der Waals surface area contributed by atoms with E-state index in [1.54, 1.807) is 11.3 Å². The van der Waals surface area contributed by atoms with E-state index >= 15 is 0 Å². The largest absolute Gasteiger partial charge is 0.307 e. The van der Waals surface area contributed by atoms with Gasteiger partial charge in [0.15, 0.2) is 0 Å². The normalized spacial score (nSPS) is 20.1. The van der Waals surface area contributed by atoms with Crippen LogP contribution in [-0.4, -0.2) is 11.0 Å². The first-order valence-electron chi connectivity index (χ1n) is 6.19. The molecule has 0 spiro atoms. The minimum absolute atomic E-state index is 0.545. The molecule has 2 nitrogen and oxygen atoms in total. The van der Waals surface area contributed by atoms with E-state index in [0.29, 0.717) is 17.4 Å². The molecule has 0 bridgehead atoms. The summed E-state index contributed by atoms with van der Waals surface area (Å²) in [4.78, 5) is 4.64. The third-order valence-electron chi connectivity index (χ3n) is 3.80. The van der Waals surface area contributed by atoms with E-state index < -0.39 is 0 Å². The van der Waals surface area contributed by atoms with Crippen molar-refractivity contribution in [2.45, 2.75) is 59.0 Å². The van der Waals surface area contributed by atoms with Crippen LogP contribution < -0.4 is 5.32 Å². The number of hydrogen-bond acceptors (Lipinski definition) is 3. The van der Waals surface area contributed by atoms with Gasteiger partial charge in [-0.1, -0.05) is 20.8 Å². The molecule has 0 radical (unpaired) electrons. The molecule has 1 aliphatic carbocycles. The van der Waals surface area contributed by atoms with Crippen molar-refractivity contribution in [1.29, 1.82) is 0 Å². The summed E-state index contributed by atoms with van der Waals surface area (Å²) in [6.07, 6.45) is 2.74. The highest BCUT2D eigenvalue weighted by Gasteiger charge is 2.42. The molecule has 1 atom stereocenters. The van der Waals surface area contributed by atoms with E-state index in [-0.39, 0.29) is 0 Å². The predicted octanol–water partition coefficient (Wildman–Crippen LogP) is 3.54. The number of nitrogens with zero attached hydrogens (tertiary/aromatic N) is 1. The fraction of sp³-hybridized carbons (Fsp3) is 0.769. The lowest BCUT2D eigenvalue weighted by molar-refractivity contribution is 0.379. The fourth-order valence-electron chi connectivity index (χ4n) is 1.79. The average molecular weight is 238 g/mol. The maximum Gasteiger partial charge on any atom is 0.107 e. The van der Waals surface area contributed by atoms with Crippen LogP contribution in [0, 0.1) is 5.41 Å². The van der Waals surface area contributed by atoms with E-state index in [1.807, 2.05) is 0 Å². The first-order valence-corrected chi connectivity index (χ1v) is 7.07. The zero-order valence-electron chi connectivity index (χ0n) is 10.7. The van der Waals surface area contributed by atoms with Crippen LogP contribution in [0.4, 0.5) is 0 Å². The molecule has 1 aromatic rings. The predicted molar refractivity (Wildman–Crippen MR) is 69.8 cm³/mol. The Hall–Kier alpha value is -0.410. The summed E-state index contributed by atoms with van der Waals surface area (Å²) >= 11 is 1.78. The highest BCUT2D eigenvalue weighted by atomic mass is 32.1. The molecular weight excluding hydrogens is 216 g/mol. The molecule has 1 fully saturated rings. The van der Waals surface area contributed by atoms with Crippen LogP contribution in [0.25, 0.3) is 0 Å². The Kier molecular flexibility index (Phi) is 3.36. The Morgan fingerprint density at radius 1 is 1.44 bits per heavy atom. The maximum atomic E-state index is 4.64. The van der Waals surface area contributed by atoms with Crippen LogP contribution >= 0.6 is 11.3 Å². The Morgan fingerprint density at radius 2 is 2.12 bits per heavy atom. The lowest BCUT2D eigenvalue weighted by atomic mass is 10.0. The zero-order chi connectivity index (χ0) is 11.8. The van der Waals surface area contributed by atoms with Gasteiger partial charge in [0.25, 0.3) is 0 Å². The summed E-state index contributed by atoms with van der Waals surface area (Å²) in [7, 11) is 0. The molecule has 1 saturated carbocycles. The van der Waals surface area contributed by atoms with E-state index in [2.05, 4.69) is 43.4 Å². The number of nitrogens with one attached hydrogen (secondary N) is 1. The summed E-state index contributed by atoms with van der Waals surface area (Å²) in [6.45, 7) is 9.98. The van der Waals surface area contributed by atoms with Crippen LogP contribution in [0.2, 0.25) is 0 Å². The molecule has 2 rings (SSSR count). The number of thiazole rings is 1. The van der Waals surface area contributed by atoms with Gasteiger partial charge in [0, 0.05) is 18.0 Å². The SMILES string of the molecule is CC(C)c1csc(CNC(C)C2(C)CC2)n1. The van der Waals surface area contributed by atoms with Crippen molar-refractivity contribution in [3.05, 3.63) is 16.1 Å². The first-order chi connectivity index (χ1) is 7.51. The zero-order valence-corrected chi connectivity index (χ0v) is 11.5. The van der Waals surface area contributed by atoms with Crippen molar-refractivity contribution in [3.63, 3.8) is 0 Å². The van der Waals surface area contributed by atoms with Gasteiger partial charge in [-0.05, 0) is 31.1 Å². The van der Waals surface area contributed by atoms with Crippen LogP contribution in [0.3, 0.4) is 0 Å². The Bertz CT molecular complexity index is 353. The van der Waals surface area contributed by atoms with Crippen LogP contribution in [0.15, 0.2) is 5.38 Å². The van der Waals surface area contributed by atoms with Crippen molar-refractivity contribution in [2.75, 3.05) is 0 Å². The molecule has 16 heavy (non-hydrogen) atoms. The Morgan fingerprint density at radius 3 is 2.62 bits per heavy atom. The van der Waals surface area contributed by atoms with E-state index in [9.17, 15) is 0 Å². The van der Waals surface area contributed by atoms with Gasteiger partial charge in [-0.2, -0.15) is 0 Å². The third kappa shape index (κ3) is 2.64. The summed E-state index contributed by atoms with van der Waals surface area (Å²) < 4.78 is 0. The second-order valence-corrected chi connectivity index (χ2v) is 6.52. The first kappa shape index (κ1) is 12.1. The minimum Gasteiger partial charge on any atom is -0.307 e. The van der Waals surface area contributed by atoms with E-state index in [4.69, 9.17) is 0 Å². The second kappa shape index (κ2) is 4.46. The molecule has 1 unspecified atom stereocenters. The maximum absolute atomic E-state index is 4.64. The Balaban J connectivity index is 1.85.